The maximum atomic E-state index is 2.25. The van der Waals surface area contributed by atoms with Gasteiger partial charge in [-0.3, -0.25) is 0 Å². The van der Waals surface area contributed by atoms with Crippen LogP contribution < -0.4 is 0 Å². The molecule has 0 fully saturated rings. The van der Waals surface area contributed by atoms with Crippen LogP contribution in [-0.4, -0.2) is 12.0 Å². The average Bonchev–Trinajstić information content (AvgIpc) is 2.25. The van der Waals surface area contributed by atoms with Gasteiger partial charge < -0.3 is 0 Å². The van der Waals surface area contributed by atoms with Gasteiger partial charge in [-0.1, -0.05) is 19.8 Å². The maximum absolute atomic E-state index is 2.25. The summed E-state index contributed by atoms with van der Waals surface area (Å²) in [6.45, 7) is 2.25. The summed E-state index contributed by atoms with van der Waals surface area (Å²) >= 11 is 3.77. The van der Waals surface area contributed by atoms with E-state index in [0.717, 1.165) is 0 Å². The van der Waals surface area contributed by atoms with Gasteiger partial charge in [-0.2, -0.15) is 0 Å². The van der Waals surface area contributed by atoms with Gasteiger partial charge in [0.2, 0.25) is 0 Å². The first-order valence-corrected chi connectivity index (χ1v) is 7.34. The lowest BCUT2D eigenvalue weighted by atomic mass is 10.3. The van der Waals surface area contributed by atoms with E-state index < -0.39 is 0 Å². The second-order valence-electron chi connectivity index (χ2n) is 3.23. The Labute approximate surface area is 95.9 Å². The number of benzene rings is 1. The van der Waals surface area contributed by atoms with Gasteiger partial charge in [0.15, 0.2) is 0 Å². The third kappa shape index (κ3) is 4.43. The van der Waals surface area contributed by atoms with Crippen LogP contribution in [0, 0.1) is 0 Å². The third-order valence-corrected chi connectivity index (χ3v) is 3.92. The highest BCUT2D eigenvalue weighted by Gasteiger charge is 1.94. The Kier molecular flexibility index (Phi) is 6.20. The molecule has 0 saturated heterocycles. The molecule has 2 heteroatoms. The smallest absolute Gasteiger partial charge is 0.00727 e. The number of hydrogen-bond acceptors (Lipinski definition) is 2. The van der Waals surface area contributed by atoms with Gasteiger partial charge in [-0.15, -0.1) is 23.5 Å². The molecule has 0 aromatic heterocycles. The molecule has 0 N–H and O–H groups in total. The summed E-state index contributed by atoms with van der Waals surface area (Å²) in [4.78, 5) is 2.75. The molecule has 78 valence electrons. The fourth-order valence-corrected chi connectivity index (χ4v) is 2.53. The lowest BCUT2D eigenvalue weighted by Gasteiger charge is -2.01. The van der Waals surface area contributed by atoms with Crippen molar-refractivity contribution in [3.05, 3.63) is 24.3 Å². The normalized spacial score (nSPS) is 10.4. The molecule has 0 aliphatic heterocycles. The zero-order valence-corrected chi connectivity index (χ0v) is 10.6. The van der Waals surface area contributed by atoms with Crippen molar-refractivity contribution in [1.82, 2.24) is 0 Å². The molecule has 1 aromatic carbocycles. The molecule has 0 unspecified atom stereocenters. The average molecular weight is 226 g/mol. The Bertz CT molecular complexity index is 241. The lowest BCUT2D eigenvalue weighted by Crippen LogP contribution is -1.80. The molecule has 0 amide bonds. The SMILES string of the molecule is CCCCCSc1ccc(SC)cc1. The van der Waals surface area contributed by atoms with E-state index in [-0.39, 0.29) is 0 Å². The van der Waals surface area contributed by atoms with Crippen LogP contribution in [0.25, 0.3) is 0 Å². The van der Waals surface area contributed by atoms with Crippen molar-refractivity contribution in [3.63, 3.8) is 0 Å². The van der Waals surface area contributed by atoms with Crippen LogP contribution in [0.1, 0.15) is 26.2 Å². The van der Waals surface area contributed by atoms with Gasteiger partial charge >= 0.3 is 0 Å². The molecular formula is C12H18S2. The summed E-state index contributed by atoms with van der Waals surface area (Å²) in [6, 6.07) is 8.85. The van der Waals surface area contributed by atoms with E-state index in [1.807, 2.05) is 11.8 Å². The van der Waals surface area contributed by atoms with Gasteiger partial charge in [0, 0.05) is 9.79 Å². The second kappa shape index (κ2) is 7.24. The molecule has 1 aromatic rings. The molecule has 0 aliphatic carbocycles. The summed E-state index contributed by atoms with van der Waals surface area (Å²) in [6.07, 6.45) is 6.12. The molecule has 0 saturated carbocycles. The van der Waals surface area contributed by atoms with Gasteiger partial charge in [0.25, 0.3) is 0 Å². The topological polar surface area (TPSA) is 0 Å². The molecule has 0 radical (unpaired) electrons. The predicted octanol–water partition coefficient (Wildman–Crippen LogP) is 4.69. The first-order chi connectivity index (χ1) is 6.86. The monoisotopic (exact) mass is 226 g/mol. The summed E-state index contributed by atoms with van der Waals surface area (Å²) in [7, 11) is 0. The Balaban J connectivity index is 2.29. The molecule has 0 atom stereocenters. The Hall–Kier alpha value is -0.0800. The summed E-state index contributed by atoms with van der Waals surface area (Å²) in [5.41, 5.74) is 0. The Morgan fingerprint density at radius 1 is 1.00 bits per heavy atom. The number of rotatable bonds is 6. The summed E-state index contributed by atoms with van der Waals surface area (Å²) in [5.74, 6) is 1.26. The number of hydrogen-bond donors (Lipinski definition) is 0. The highest BCUT2D eigenvalue weighted by atomic mass is 32.2. The molecule has 0 spiro atoms. The van der Waals surface area contributed by atoms with E-state index in [1.165, 1.54) is 34.8 Å². The van der Waals surface area contributed by atoms with Crippen LogP contribution in [0.5, 0.6) is 0 Å². The van der Waals surface area contributed by atoms with Crippen molar-refractivity contribution < 1.29 is 0 Å². The van der Waals surface area contributed by atoms with E-state index in [1.54, 1.807) is 11.8 Å². The van der Waals surface area contributed by atoms with Gasteiger partial charge in [-0.25, -0.2) is 0 Å². The molecular weight excluding hydrogens is 208 g/mol. The first-order valence-electron chi connectivity index (χ1n) is 5.13. The summed E-state index contributed by atoms with van der Waals surface area (Å²) in [5, 5.41) is 0. The molecule has 0 nitrogen and oxygen atoms in total. The highest BCUT2D eigenvalue weighted by molar-refractivity contribution is 7.99. The molecule has 0 aliphatic rings. The van der Waals surface area contributed by atoms with Crippen molar-refractivity contribution in [1.29, 1.82) is 0 Å². The molecule has 1 rings (SSSR count). The van der Waals surface area contributed by atoms with E-state index in [0.29, 0.717) is 0 Å². The fourth-order valence-electron chi connectivity index (χ4n) is 1.21. The Morgan fingerprint density at radius 2 is 1.64 bits per heavy atom. The second-order valence-corrected chi connectivity index (χ2v) is 5.28. The van der Waals surface area contributed by atoms with Crippen LogP contribution in [0.2, 0.25) is 0 Å². The van der Waals surface area contributed by atoms with Gasteiger partial charge in [-0.05, 0) is 42.7 Å². The van der Waals surface area contributed by atoms with Gasteiger partial charge in [0.1, 0.15) is 0 Å². The minimum atomic E-state index is 1.26. The van der Waals surface area contributed by atoms with E-state index in [4.69, 9.17) is 0 Å². The van der Waals surface area contributed by atoms with Crippen LogP contribution in [0.4, 0.5) is 0 Å². The summed E-state index contributed by atoms with van der Waals surface area (Å²) < 4.78 is 0. The third-order valence-electron chi connectivity index (χ3n) is 2.08. The fraction of sp³-hybridized carbons (Fsp3) is 0.500. The van der Waals surface area contributed by atoms with Gasteiger partial charge in [0.05, 0.1) is 0 Å². The van der Waals surface area contributed by atoms with Crippen molar-refractivity contribution >= 4 is 23.5 Å². The van der Waals surface area contributed by atoms with Crippen molar-refractivity contribution in [2.45, 2.75) is 36.0 Å². The quantitative estimate of drug-likeness (QED) is 0.510. The van der Waals surface area contributed by atoms with Crippen LogP contribution in [0.15, 0.2) is 34.1 Å². The minimum Gasteiger partial charge on any atom is -0.130 e. The lowest BCUT2D eigenvalue weighted by molar-refractivity contribution is 0.778. The van der Waals surface area contributed by atoms with Crippen molar-refractivity contribution in [2.24, 2.45) is 0 Å². The van der Waals surface area contributed by atoms with E-state index >= 15 is 0 Å². The largest absolute Gasteiger partial charge is 0.130 e. The standard InChI is InChI=1S/C12H18S2/c1-3-4-5-10-14-12-8-6-11(13-2)7-9-12/h6-9H,3-5,10H2,1-2H3. The predicted molar refractivity (Wildman–Crippen MR) is 68.5 cm³/mol. The van der Waals surface area contributed by atoms with Crippen LogP contribution >= 0.6 is 23.5 Å². The Morgan fingerprint density at radius 3 is 2.21 bits per heavy atom. The highest BCUT2D eigenvalue weighted by Crippen LogP contribution is 2.22. The van der Waals surface area contributed by atoms with Crippen LogP contribution in [0.3, 0.4) is 0 Å². The van der Waals surface area contributed by atoms with E-state index in [2.05, 4.69) is 37.4 Å². The molecule has 0 bridgehead atoms. The number of thioether (sulfide) groups is 2. The van der Waals surface area contributed by atoms with E-state index in [9.17, 15) is 0 Å². The molecule has 14 heavy (non-hydrogen) atoms. The first kappa shape index (κ1) is 12.0. The minimum absolute atomic E-state index is 1.26. The molecule has 0 heterocycles. The van der Waals surface area contributed by atoms with Crippen LogP contribution in [-0.2, 0) is 0 Å². The van der Waals surface area contributed by atoms with Crippen molar-refractivity contribution in [2.75, 3.05) is 12.0 Å². The number of unbranched alkanes of at least 4 members (excludes halogenated alkanes) is 2. The zero-order chi connectivity index (χ0) is 10.2. The maximum Gasteiger partial charge on any atom is 0.00727 e. The zero-order valence-electron chi connectivity index (χ0n) is 8.95. The van der Waals surface area contributed by atoms with Crippen molar-refractivity contribution in [3.8, 4) is 0 Å².